The van der Waals surface area contributed by atoms with Crippen molar-refractivity contribution in [3.63, 3.8) is 0 Å². The molecule has 2 aromatic carbocycles. The molecule has 4 nitrogen and oxygen atoms in total. The quantitative estimate of drug-likeness (QED) is 0.841. The maximum atomic E-state index is 13.6. The Morgan fingerprint density at radius 3 is 2.77 bits per heavy atom. The lowest BCUT2D eigenvalue weighted by Gasteiger charge is -2.36. The molecule has 0 bridgehead atoms. The van der Waals surface area contributed by atoms with Crippen LogP contribution in [0.5, 0.6) is 0 Å². The van der Waals surface area contributed by atoms with Crippen molar-refractivity contribution >= 4 is 18.3 Å². The Kier molecular flexibility index (Phi) is 7.57. The van der Waals surface area contributed by atoms with Crippen LogP contribution in [-0.2, 0) is 4.79 Å². The van der Waals surface area contributed by atoms with Gasteiger partial charge in [0.1, 0.15) is 5.82 Å². The number of hydrogen-bond acceptors (Lipinski definition) is 3. The smallest absolute Gasteiger partial charge is 0.234 e. The van der Waals surface area contributed by atoms with Crippen molar-refractivity contribution in [2.24, 2.45) is 0 Å². The Morgan fingerprint density at radius 1 is 1.27 bits per heavy atom. The van der Waals surface area contributed by atoms with Crippen molar-refractivity contribution in [2.75, 3.05) is 26.2 Å². The van der Waals surface area contributed by atoms with Crippen LogP contribution in [0.2, 0.25) is 0 Å². The minimum Gasteiger partial charge on any atom is -0.348 e. The van der Waals surface area contributed by atoms with Crippen molar-refractivity contribution in [3.05, 3.63) is 71.5 Å². The number of piperazine rings is 1. The summed E-state index contributed by atoms with van der Waals surface area (Å²) >= 11 is 0. The van der Waals surface area contributed by atoms with Gasteiger partial charge in [-0.05, 0) is 30.2 Å². The van der Waals surface area contributed by atoms with Crippen LogP contribution < -0.4 is 10.6 Å². The van der Waals surface area contributed by atoms with Crippen LogP contribution in [0.1, 0.15) is 30.1 Å². The van der Waals surface area contributed by atoms with Crippen LogP contribution >= 0.6 is 12.4 Å². The number of halogens is 2. The second-order valence-electron chi connectivity index (χ2n) is 6.45. The lowest BCUT2D eigenvalue weighted by molar-refractivity contribution is -0.123. The number of hydrogen-bond donors (Lipinski definition) is 2. The number of nitrogens with zero attached hydrogens (tertiary/aromatic N) is 1. The highest BCUT2D eigenvalue weighted by molar-refractivity contribution is 5.85. The summed E-state index contributed by atoms with van der Waals surface area (Å²) in [6.07, 6.45) is 0. The molecule has 1 fully saturated rings. The zero-order valence-corrected chi connectivity index (χ0v) is 15.6. The molecule has 1 amide bonds. The molecule has 1 heterocycles. The summed E-state index contributed by atoms with van der Waals surface area (Å²) in [5.74, 6) is -0.259. The maximum absolute atomic E-state index is 13.6. The van der Waals surface area contributed by atoms with Crippen molar-refractivity contribution in [1.82, 2.24) is 15.5 Å². The van der Waals surface area contributed by atoms with Crippen LogP contribution in [0.3, 0.4) is 0 Å². The highest BCUT2D eigenvalue weighted by Crippen LogP contribution is 2.22. The second-order valence-corrected chi connectivity index (χ2v) is 6.45. The summed E-state index contributed by atoms with van der Waals surface area (Å²) in [5, 5.41) is 6.38. The number of amides is 1. The predicted octanol–water partition coefficient (Wildman–Crippen LogP) is 3.07. The third kappa shape index (κ3) is 5.27. The first-order valence-electron chi connectivity index (χ1n) is 8.68. The van der Waals surface area contributed by atoms with Gasteiger partial charge in [0.25, 0.3) is 0 Å². The number of carbonyl (C=O) groups is 1. The predicted molar refractivity (Wildman–Crippen MR) is 104 cm³/mol. The van der Waals surface area contributed by atoms with Crippen LogP contribution in [0, 0.1) is 5.82 Å². The lowest BCUT2D eigenvalue weighted by atomic mass is 10.0. The molecule has 26 heavy (non-hydrogen) atoms. The molecule has 0 spiro atoms. The molecule has 0 aromatic heterocycles. The van der Waals surface area contributed by atoms with E-state index in [4.69, 9.17) is 0 Å². The van der Waals surface area contributed by atoms with Crippen molar-refractivity contribution in [1.29, 1.82) is 0 Å². The molecule has 2 atom stereocenters. The third-order valence-electron chi connectivity index (χ3n) is 4.61. The minimum absolute atomic E-state index is 0. The average Bonchev–Trinajstić information content (AvgIpc) is 2.63. The highest BCUT2D eigenvalue weighted by atomic mass is 35.5. The molecule has 3 rings (SSSR count). The SMILES string of the molecule is CC(NC(=O)CN1CCNCC1c1cccc(F)c1)c1ccccc1.Cl. The molecular weight excluding hydrogens is 353 g/mol. The van der Waals surface area contributed by atoms with E-state index >= 15 is 0 Å². The summed E-state index contributed by atoms with van der Waals surface area (Å²) < 4.78 is 13.6. The van der Waals surface area contributed by atoms with Gasteiger partial charge in [0.05, 0.1) is 12.6 Å². The number of carbonyl (C=O) groups excluding carboxylic acids is 1. The molecule has 0 aliphatic carbocycles. The van der Waals surface area contributed by atoms with Gasteiger partial charge in [0.15, 0.2) is 0 Å². The van der Waals surface area contributed by atoms with Crippen molar-refractivity contribution in [2.45, 2.75) is 19.0 Å². The fraction of sp³-hybridized carbons (Fsp3) is 0.350. The van der Waals surface area contributed by atoms with Gasteiger partial charge in [-0.25, -0.2) is 4.39 Å². The van der Waals surface area contributed by atoms with Crippen LogP contribution in [-0.4, -0.2) is 37.0 Å². The van der Waals surface area contributed by atoms with Crippen LogP contribution in [0.4, 0.5) is 4.39 Å². The Morgan fingerprint density at radius 2 is 2.04 bits per heavy atom. The van der Waals surface area contributed by atoms with E-state index in [1.54, 1.807) is 12.1 Å². The molecule has 140 valence electrons. The van der Waals surface area contributed by atoms with E-state index in [0.717, 1.165) is 24.2 Å². The molecule has 1 aliphatic rings. The molecule has 6 heteroatoms. The number of rotatable bonds is 5. The fourth-order valence-corrected chi connectivity index (χ4v) is 3.27. The monoisotopic (exact) mass is 377 g/mol. The van der Waals surface area contributed by atoms with Gasteiger partial charge in [0, 0.05) is 25.7 Å². The number of benzene rings is 2. The summed E-state index contributed by atoms with van der Waals surface area (Å²) in [4.78, 5) is 14.6. The van der Waals surface area contributed by atoms with Crippen molar-refractivity contribution in [3.8, 4) is 0 Å². The van der Waals surface area contributed by atoms with E-state index in [1.165, 1.54) is 6.07 Å². The first-order valence-corrected chi connectivity index (χ1v) is 8.68. The standard InChI is InChI=1S/C20H24FN3O.ClH/c1-15(16-6-3-2-4-7-16)23-20(25)14-24-11-10-22-13-19(24)17-8-5-9-18(21)12-17;/h2-9,12,15,19,22H,10-11,13-14H2,1H3,(H,23,25);1H. The molecule has 2 N–H and O–H groups in total. The van der Waals surface area contributed by atoms with E-state index in [-0.39, 0.29) is 36.2 Å². The molecule has 2 unspecified atom stereocenters. The van der Waals surface area contributed by atoms with E-state index in [0.29, 0.717) is 13.1 Å². The molecule has 0 radical (unpaired) electrons. The lowest BCUT2D eigenvalue weighted by Crippen LogP contribution is -2.49. The minimum atomic E-state index is -0.245. The average molecular weight is 378 g/mol. The van der Waals surface area contributed by atoms with Gasteiger partial charge in [-0.2, -0.15) is 0 Å². The summed E-state index contributed by atoms with van der Waals surface area (Å²) in [6, 6.07) is 16.5. The third-order valence-corrected chi connectivity index (χ3v) is 4.61. The zero-order valence-electron chi connectivity index (χ0n) is 14.8. The maximum Gasteiger partial charge on any atom is 0.234 e. The Bertz CT molecular complexity index is 713. The van der Waals surface area contributed by atoms with Gasteiger partial charge < -0.3 is 10.6 Å². The van der Waals surface area contributed by atoms with Gasteiger partial charge in [-0.1, -0.05) is 42.5 Å². The topological polar surface area (TPSA) is 44.4 Å². The molecule has 0 saturated carbocycles. The number of nitrogens with one attached hydrogen (secondary N) is 2. The molecule has 1 aliphatic heterocycles. The van der Waals surface area contributed by atoms with Gasteiger partial charge in [0.2, 0.25) is 5.91 Å². The van der Waals surface area contributed by atoms with Gasteiger partial charge in [-0.3, -0.25) is 9.69 Å². The Balaban J connectivity index is 0.00000243. The summed E-state index contributed by atoms with van der Waals surface area (Å²) in [7, 11) is 0. The van der Waals surface area contributed by atoms with Crippen molar-refractivity contribution < 1.29 is 9.18 Å². The Labute approximate surface area is 160 Å². The van der Waals surface area contributed by atoms with E-state index in [1.807, 2.05) is 43.3 Å². The van der Waals surface area contributed by atoms with Crippen LogP contribution in [0.15, 0.2) is 54.6 Å². The largest absolute Gasteiger partial charge is 0.348 e. The highest BCUT2D eigenvalue weighted by Gasteiger charge is 2.26. The first kappa shape index (κ1) is 20.4. The van der Waals surface area contributed by atoms with E-state index in [2.05, 4.69) is 15.5 Å². The molecule has 2 aromatic rings. The van der Waals surface area contributed by atoms with Crippen LogP contribution in [0.25, 0.3) is 0 Å². The van der Waals surface area contributed by atoms with E-state index < -0.39 is 0 Å². The Hall–Kier alpha value is -1.95. The second kappa shape index (κ2) is 9.67. The zero-order chi connectivity index (χ0) is 17.6. The fourth-order valence-electron chi connectivity index (χ4n) is 3.27. The first-order chi connectivity index (χ1) is 12.1. The summed E-state index contributed by atoms with van der Waals surface area (Å²) in [6.45, 7) is 4.59. The normalized spacial score (nSPS) is 18.6. The van der Waals surface area contributed by atoms with Gasteiger partial charge >= 0.3 is 0 Å². The molecule has 1 saturated heterocycles. The van der Waals surface area contributed by atoms with Gasteiger partial charge in [-0.15, -0.1) is 12.4 Å². The van der Waals surface area contributed by atoms with E-state index in [9.17, 15) is 9.18 Å². The molecular formula is C20H25ClFN3O. The summed E-state index contributed by atoms with van der Waals surface area (Å²) in [5.41, 5.74) is 1.98.